The van der Waals surface area contributed by atoms with Gasteiger partial charge in [-0.15, -0.1) is 0 Å². The van der Waals surface area contributed by atoms with Crippen LogP contribution in [0.15, 0.2) is 84.9 Å². The molecule has 0 fully saturated rings. The van der Waals surface area contributed by atoms with E-state index in [1.165, 1.54) is 0 Å². The summed E-state index contributed by atoms with van der Waals surface area (Å²) in [5, 5.41) is 2.10. The molecule has 0 saturated carbocycles. The third kappa shape index (κ3) is 4.13. The number of hydrogen-bond acceptors (Lipinski definition) is 4. The van der Waals surface area contributed by atoms with Gasteiger partial charge in [0.1, 0.15) is 23.0 Å². The molecule has 30 heavy (non-hydrogen) atoms. The summed E-state index contributed by atoms with van der Waals surface area (Å²) >= 11 is 0. The van der Waals surface area contributed by atoms with Crippen molar-refractivity contribution in [2.75, 3.05) is 7.11 Å². The van der Waals surface area contributed by atoms with Crippen molar-refractivity contribution in [2.45, 2.75) is 13.3 Å². The van der Waals surface area contributed by atoms with Gasteiger partial charge in [0.25, 0.3) is 0 Å². The number of fused-ring (bicyclic) bond motifs is 1. The van der Waals surface area contributed by atoms with Crippen molar-refractivity contribution >= 4 is 16.7 Å². The average molecular weight is 398 g/mol. The number of benzene rings is 4. The lowest BCUT2D eigenvalue weighted by atomic mass is 9.99. The number of ether oxygens (including phenoxy) is 3. The molecule has 0 aromatic heterocycles. The largest absolute Gasteiger partial charge is 0.497 e. The lowest BCUT2D eigenvalue weighted by molar-refractivity contribution is -0.134. The van der Waals surface area contributed by atoms with Gasteiger partial charge < -0.3 is 14.2 Å². The first-order chi connectivity index (χ1) is 14.7. The average Bonchev–Trinajstić information content (AvgIpc) is 2.80. The van der Waals surface area contributed by atoms with Crippen LogP contribution in [0.1, 0.15) is 13.3 Å². The summed E-state index contributed by atoms with van der Waals surface area (Å²) in [6, 6.07) is 27.2. The predicted molar refractivity (Wildman–Crippen MR) is 118 cm³/mol. The fraction of sp³-hybridized carbons (Fsp3) is 0.115. The van der Waals surface area contributed by atoms with Gasteiger partial charge in [-0.2, -0.15) is 0 Å². The molecule has 0 saturated heterocycles. The van der Waals surface area contributed by atoms with Crippen LogP contribution in [0, 0.1) is 0 Å². The SMILES string of the molecule is CCC(=O)Oc1ccc(Oc2c(-c3cccc(OC)c3)ccc3ccccc23)cc1. The van der Waals surface area contributed by atoms with E-state index < -0.39 is 0 Å². The van der Waals surface area contributed by atoms with Crippen molar-refractivity contribution in [3.05, 3.63) is 84.9 Å². The molecule has 4 rings (SSSR count). The van der Waals surface area contributed by atoms with Crippen LogP contribution in [0.25, 0.3) is 21.9 Å². The monoisotopic (exact) mass is 398 g/mol. The molecular formula is C26H22O4. The number of esters is 1. The molecule has 0 unspecified atom stereocenters. The molecule has 4 heteroatoms. The van der Waals surface area contributed by atoms with Crippen LogP contribution in [0.3, 0.4) is 0 Å². The highest BCUT2D eigenvalue weighted by atomic mass is 16.5. The van der Waals surface area contributed by atoms with E-state index in [9.17, 15) is 4.79 Å². The second-order valence-corrected chi connectivity index (χ2v) is 6.80. The van der Waals surface area contributed by atoms with E-state index in [1.807, 2.05) is 42.5 Å². The van der Waals surface area contributed by atoms with Gasteiger partial charge in [0, 0.05) is 17.4 Å². The van der Waals surface area contributed by atoms with Crippen LogP contribution in [-0.2, 0) is 4.79 Å². The van der Waals surface area contributed by atoms with Crippen LogP contribution in [0.4, 0.5) is 0 Å². The van der Waals surface area contributed by atoms with Crippen LogP contribution in [0.2, 0.25) is 0 Å². The number of rotatable bonds is 6. The van der Waals surface area contributed by atoms with Crippen molar-refractivity contribution in [1.82, 2.24) is 0 Å². The molecule has 0 bridgehead atoms. The highest BCUT2D eigenvalue weighted by Gasteiger charge is 2.13. The predicted octanol–water partition coefficient (Wildman–Crippen LogP) is 6.62. The molecule has 4 nitrogen and oxygen atoms in total. The van der Waals surface area contributed by atoms with Gasteiger partial charge >= 0.3 is 5.97 Å². The van der Waals surface area contributed by atoms with Gasteiger partial charge in [0.15, 0.2) is 0 Å². The number of methoxy groups -OCH3 is 1. The zero-order chi connectivity index (χ0) is 20.9. The van der Waals surface area contributed by atoms with Gasteiger partial charge in [0.2, 0.25) is 0 Å². The first kappa shape index (κ1) is 19.5. The molecule has 0 aliphatic carbocycles. The minimum Gasteiger partial charge on any atom is -0.497 e. The van der Waals surface area contributed by atoms with E-state index in [1.54, 1.807) is 38.3 Å². The minimum absolute atomic E-state index is 0.266. The van der Waals surface area contributed by atoms with Gasteiger partial charge in [0.05, 0.1) is 7.11 Å². The maximum absolute atomic E-state index is 11.5. The van der Waals surface area contributed by atoms with Crippen LogP contribution >= 0.6 is 0 Å². The molecule has 0 heterocycles. The Kier molecular flexibility index (Phi) is 5.66. The Morgan fingerprint density at radius 1 is 0.800 bits per heavy atom. The van der Waals surface area contributed by atoms with Crippen molar-refractivity contribution in [3.8, 4) is 34.1 Å². The Morgan fingerprint density at radius 2 is 1.57 bits per heavy atom. The minimum atomic E-state index is -0.266. The Labute approximate surface area is 175 Å². The lowest BCUT2D eigenvalue weighted by Crippen LogP contribution is -2.05. The molecule has 0 aliphatic rings. The maximum Gasteiger partial charge on any atom is 0.310 e. The fourth-order valence-corrected chi connectivity index (χ4v) is 3.27. The van der Waals surface area contributed by atoms with Gasteiger partial charge in [-0.3, -0.25) is 4.79 Å². The smallest absolute Gasteiger partial charge is 0.310 e. The first-order valence-electron chi connectivity index (χ1n) is 9.82. The van der Waals surface area contributed by atoms with E-state index in [2.05, 4.69) is 18.2 Å². The van der Waals surface area contributed by atoms with Crippen molar-refractivity contribution in [1.29, 1.82) is 0 Å². The van der Waals surface area contributed by atoms with Crippen molar-refractivity contribution in [3.63, 3.8) is 0 Å². The van der Waals surface area contributed by atoms with Crippen LogP contribution < -0.4 is 14.2 Å². The Bertz CT molecular complexity index is 1180. The van der Waals surface area contributed by atoms with Crippen LogP contribution in [-0.4, -0.2) is 13.1 Å². The third-order valence-corrected chi connectivity index (χ3v) is 4.82. The highest BCUT2D eigenvalue weighted by Crippen LogP contribution is 2.40. The second kappa shape index (κ2) is 8.70. The van der Waals surface area contributed by atoms with E-state index in [0.29, 0.717) is 17.9 Å². The van der Waals surface area contributed by atoms with Gasteiger partial charge in [-0.25, -0.2) is 0 Å². The summed E-state index contributed by atoms with van der Waals surface area (Å²) in [7, 11) is 1.66. The highest BCUT2D eigenvalue weighted by molar-refractivity contribution is 5.95. The molecule has 0 N–H and O–H groups in total. The van der Waals surface area contributed by atoms with Gasteiger partial charge in [-0.05, 0) is 53.4 Å². The van der Waals surface area contributed by atoms with E-state index in [4.69, 9.17) is 14.2 Å². The number of carbonyl (C=O) groups excluding carboxylic acids is 1. The van der Waals surface area contributed by atoms with E-state index in [0.717, 1.165) is 33.4 Å². The zero-order valence-electron chi connectivity index (χ0n) is 16.9. The standard InChI is InChI=1S/C26H22O4/c1-3-25(27)29-20-12-14-21(15-13-20)30-26-23-10-5-4-7-18(23)11-16-24(26)19-8-6-9-22(17-19)28-2/h4-17H,3H2,1-2H3. The summed E-state index contributed by atoms with van der Waals surface area (Å²) in [4.78, 5) is 11.5. The lowest BCUT2D eigenvalue weighted by Gasteiger charge is -2.15. The quantitative estimate of drug-likeness (QED) is 0.270. The molecule has 150 valence electrons. The van der Waals surface area contributed by atoms with E-state index in [-0.39, 0.29) is 5.97 Å². The normalized spacial score (nSPS) is 10.6. The summed E-state index contributed by atoms with van der Waals surface area (Å²) < 4.78 is 17.0. The third-order valence-electron chi connectivity index (χ3n) is 4.82. The number of carbonyl (C=O) groups is 1. The summed E-state index contributed by atoms with van der Waals surface area (Å²) in [6.07, 6.45) is 0.332. The molecule has 0 atom stereocenters. The summed E-state index contributed by atoms with van der Waals surface area (Å²) in [5.74, 6) is 2.44. The summed E-state index contributed by atoms with van der Waals surface area (Å²) in [6.45, 7) is 1.76. The van der Waals surface area contributed by atoms with Crippen molar-refractivity contribution in [2.24, 2.45) is 0 Å². The zero-order valence-corrected chi connectivity index (χ0v) is 16.9. The molecule has 0 amide bonds. The topological polar surface area (TPSA) is 44.8 Å². The Morgan fingerprint density at radius 3 is 2.33 bits per heavy atom. The fourth-order valence-electron chi connectivity index (χ4n) is 3.27. The maximum atomic E-state index is 11.5. The Hall–Kier alpha value is -3.79. The first-order valence-corrected chi connectivity index (χ1v) is 9.82. The molecule has 4 aromatic carbocycles. The molecule has 0 spiro atoms. The second-order valence-electron chi connectivity index (χ2n) is 6.80. The Balaban J connectivity index is 1.75. The number of hydrogen-bond donors (Lipinski definition) is 0. The molecular weight excluding hydrogens is 376 g/mol. The summed E-state index contributed by atoms with van der Waals surface area (Å²) in [5.41, 5.74) is 1.97. The van der Waals surface area contributed by atoms with Crippen LogP contribution in [0.5, 0.6) is 23.0 Å². The molecule has 0 aliphatic heterocycles. The van der Waals surface area contributed by atoms with Crippen molar-refractivity contribution < 1.29 is 19.0 Å². The molecule has 4 aromatic rings. The molecule has 0 radical (unpaired) electrons. The van der Waals surface area contributed by atoms with E-state index >= 15 is 0 Å². The van der Waals surface area contributed by atoms with Gasteiger partial charge in [-0.1, -0.05) is 49.4 Å².